The molecule has 0 spiro atoms. The molecule has 2 aromatic carbocycles. The van der Waals surface area contributed by atoms with E-state index in [4.69, 9.17) is 5.73 Å². The largest absolute Gasteiger partial charge is 0.383 e. The van der Waals surface area contributed by atoms with Gasteiger partial charge in [-0.2, -0.15) is 0 Å². The Kier molecular flexibility index (Phi) is 6.33. The van der Waals surface area contributed by atoms with Gasteiger partial charge in [0.1, 0.15) is 17.5 Å². The number of amides is 1. The standard InChI is InChI=1S/C26H24FN5OS/c27-19-7-5-18(6-8-19)23-11-9-20(34-23)10-12-25(33)32-15-13-31(14-16-32)17-24-29-22-4-2-1-3-21(22)26(28)30-24/h1-12H,13-17H2,(H2,28,29,30)/b12-10+. The van der Waals surface area contributed by atoms with Crippen molar-refractivity contribution in [2.75, 3.05) is 31.9 Å². The lowest BCUT2D eigenvalue weighted by molar-refractivity contribution is -0.127. The SMILES string of the molecule is Nc1nc(CN2CCN(C(=O)/C=C/c3ccc(-c4ccc(F)cc4)s3)CC2)nc2ccccc12. The number of nitrogens with zero attached hydrogens (tertiary/aromatic N) is 4. The van der Waals surface area contributed by atoms with Crippen LogP contribution >= 0.6 is 11.3 Å². The number of rotatable bonds is 5. The Hall–Kier alpha value is -3.62. The molecule has 1 amide bonds. The quantitative estimate of drug-likeness (QED) is 0.434. The van der Waals surface area contributed by atoms with E-state index < -0.39 is 0 Å². The molecule has 2 aromatic heterocycles. The van der Waals surface area contributed by atoms with Crippen LogP contribution in [0.3, 0.4) is 0 Å². The first-order valence-corrected chi connectivity index (χ1v) is 11.9. The zero-order valence-electron chi connectivity index (χ0n) is 18.5. The molecule has 1 aliphatic heterocycles. The molecule has 172 valence electrons. The second kappa shape index (κ2) is 9.70. The van der Waals surface area contributed by atoms with Crippen molar-refractivity contribution in [3.05, 3.63) is 83.3 Å². The van der Waals surface area contributed by atoms with Crippen molar-refractivity contribution in [3.8, 4) is 10.4 Å². The second-order valence-corrected chi connectivity index (χ2v) is 9.30. The highest BCUT2D eigenvalue weighted by Crippen LogP contribution is 2.29. The van der Waals surface area contributed by atoms with Gasteiger partial charge >= 0.3 is 0 Å². The smallest absolute Gasteiger partial charge is 0.246 e. The summed E-state index contributed by atoms with van der Waals surface area (Å²) < 4.78 is 13.1. The molecular formula is C26H24FN5OS. The fourth-order valence-corrected chi connectivity index (χ4v) is 4.93. The summed E-state index contributed by atoms with van der Waals surface area (Å²) in [5.74, 6) is 0.948. The number of fused-ring (bicyclic) bond motifs is 1. The number of hydrogen-bond donors (Lipinski definition) is 1. The van der Waals surface area contributed by atoms with Gasteiger partial charge in [0.05, 0.1) is 12.1 Å². The fraction of sp³-hybridized carbons (Fsp3) is 0.192. The molecule has 0 unspecified atom stereocenters. The van der Waals surface area contributed by atoms with Gasteiger partial charge in [0.15, 0.2) is 0 Å². The molecule has 1 saturated heterocycles. The molecular weight excluding hydrogens is 449 g/mol. The Morgan fingerprint density at radius 1 is 1.00 bits per heavy atom. The van der Waals surface area contributed by atoms with Crippen molar-refractivity contribution >= 4 is 40.0 Å². The predicted octanol–water partition coefficient (Wildman–Crippen LogP) is 4.44. The van der Waals surface area contributed by atoms with Crippen molar-refractivity contribution < 1.29 is 9.18 Å². The lowest BCUT2D eigenvalue weighted by Crippen LogP contribution is -2.48. The number of carbonyl (C=O) groups excluding carboxylic acids is 1. The summed E-state index contributed by atoms with van der Waals surface area (Å²) in [5, 5.41) is 0.865. The van der Waals surface area contributed by atoms with E-state index in [-0.39, 0.29) is 11.7 Å². The first-order valence-electron chi connectivity index (χ1n) is 11.1. The average Bonchev–Trinajstić information content (AvgIpc) is 3.33. The molecule has 34 heavy (non-hydrogen) atoms. The molecule has 8 heteroatoms. The van der Waals surface area contributed by atoms with Crippen LogP contribution in [0.1, 0.15) is 10.7 Å². The van der Waals surface area contributed by atoms with E-state index in [0.29, 0.717) is 31.3 Å². The maximum Gasteiger partial charge on any atom is 0.246 e. The lowest BCUT2D eigenvalue weighted by Gasteiger charge is -2.33. The van der Waals surface area contributed by atoms with Gasteiger partial charge in [-0.15, -0.1) is 11.3 Å². The first kappa shape index (κ1) is 22.2. The first-order chi connectivity index (χ1) is 16.5. The van der Waals surface area contributed by atoms with Gasteiger partial charge in [-0.05, 0) is 48.0 Å². The number of anilines is 1. The van der Waals surface area contributed by atoms with Crippen molar-refractivity contribution in [2.24, 2.45) is 0 Å². The zero-order chi connectivity index (χ0) is 23.5. The Morgan fingerprint density at radius 3 is 2.56 bits per heavy atom. The summed E-state index contributed by atoms with van der Waals surface area (Å²) >= 11 is 1.57. The molecule has 0 radical (unpaired) electrons. The number of piperazine rings is 1. The minimum absolute atomic E-state index is 0.00239. The third-order valence-electron chi connectivity index (χ3n) is 5.87. The van der Waals surface area contributed by atoms with E-state index >= 15 is 0 Å². The van der Waals surface area contributed by atoms with Crippen LogP contribution in [0.5, 0.6) is 0 Å². The maximum absolute atomic E-state index is 13.1. The van der Waals surface area contributed by atoms with Crippen LogP contribution in [-0.2, 0) is 11.3 Å². The molecule has 0 aliphatic carbocycles. The van der Waals surface area contributed by atoms with Crippen LogP contribution in [0, 0.1) is 5.82 Å². The molecule has 0 bridgehead atoms. The van der Waals surface area contributed by atoms with Crippen LogP contribution < -0.4 is 5.73 Å². The highest BCUT2D eigenvalue weighted by molar-refractivity contribution is 7.16. The molecule has 3 heterocycles. The van der Waals surface area contributed by atoms with Crippen LogP contribution in [0.15, 0.2) is 66.7 Å². The molecule has 2 N–H and O–H groups in total. The number of nitrogens with two attached hydrogens (primary N) is 1. The van der Waals surface area contributed by atoms with Gasteiger partial charge in [0.2, 0.25) is 5.91 Å². The van der Waals surface area contributed by atoms with Crippen molar-refractivity contribution in [1.82, 2.24) is 19.8 Å². The summed E-state index contributed by atoms with van der Waals surface area (Å²) in [6.07, 6.45) is 3.47. The van der Waals surface area contributed by atoms with E-state index in [2.05, 4.69) is 14.9 Å². The zero-order valence-corrected chi connectivity index (χ0v) is 19.3. The van der Waals surface area contributed by atoms with E-state index in [9.17, 15) is 9.18 Å². The van der Waals surface area contributed by atoms with Crippen LogP contribution in [-0.4, -0.2) is 51.9 Å². The monoisotopic (exact) mass is 473 g/mol. The van der Waals surface area contributed by atoms with E-state index in [1.54, 1.807) is 29.5 Å². The summed E-state index contributed by atoms with van der Waals surface area (Å²) in [5.41, 5.74) is 7.91. The number of halogens is 1. The minimum Gasteiger partial charge on any atom is -0.383 e. The van der Waals surface area contributed by atoms with Gasteiger partial charge in [-0.25, -0.2) is 14.4 Å². The van der Waals surface area contributed by atoms with E-state index in [0.717, 1.165) is 39.3 Å². The van der Waals surface area contributed by atoms with Gasteiger partial charge in [-0.1, -0.05) is 24.3 Å². The number of aromatic nitrogens is 2. The van der Waals surface area contributed by atoms with Crippen LogP contribution in [0.2, 0.25) is 0 Å². The average molecular weight is 474 g/mol. The number of benzene rings is 2. The summed E-state index contributed by atoms with van der Waals surface area (Å²) in [7, 11) is 0. The number of nitrogen functional groups attached to an aromatic ring is 1. The summed E-state index contributed by atoms with van der Waals surface area (Å²) in [4.78, 5) is 27.9. The molecule has 1 aliphatic rings. The summed E-state index contributed by atoms with van der Waals surface area (Å²) in [6, 6.07) is 18.1. The Balaban J connectivity index is 1.16. The van der Waals surface area contributed by atoms with Gasteiger partial charge < -0.3 is 10.6 Å². The van der Waals surface area contributed by atoms with Gasteiger partial charge in [-0.3, -0.25) is 9.69 Å². The second-order valence-electron chi connectivity index (χ2n) is 8.19. The Bertz CT molecular complexity index is 1340. The highest BCUT2D eigenvalue weighted by Gasteiger charge is 2.20. The van der Waals surface area contributed by atoms with Gasteiger partial charge in [0.25, 0.3) is 0 Å². The van der Waals surface area contributed by atoms with Crippen LogP contribution in [0.4, 0.5) is 10.2 Å². The van der Waals surface area contributed by atoms with Crippen LogP contribution in [0.25, 0.3) is 27.4 Å². The number of thiophene rings is 1. The molecule has 0 saturated carbocycles. The maximum atomic E-state index is 13.1. The molecule has 0 atom stereocenters. The molecule has 4 aromatic rings. The lowest BCUT2D eigenvalue weighted by atomic mass is 10.2. The normalized spacial score (nSPS) is 14.8. The van der Waals surface area contributed by atoms with E-state index in [1.165, 1.54) is 12.1 Å². The Labute approximate surface area is 201 Å². The number of para-hydroxylation sites is 1. The molecule has 6 nitrogen and oxygen atoms in total. The minimum atomic E-state index is -0.250. The fourth-order valence-electron chi connectivity index (χ4n) is 4.02. The molecule has 5 rings (SSSR count). The van der Waals surface area contributed by atoms with Crippen molar-refractivity contribution in [3.63, 3.8) is 0 Å². The van der Waals surface area contributed by atoms with Gasteiger partial charge in [0, 0.05) is 47.4 Å². The Morgan fingerprint density at radius 2 is 1.76 bits per heavy atom. The van der Waals surface area contributed by atoms with E-state index in [1.807, 2.05) is 47.4 Å². The summed E-state index contributed by atoms with van der Waals surface area (Å²) in [6.45, 7) is 3.41. The number of carbonyl (C=O) groups is 1. The number of hydrogen-bond acceptors (Lipinski definition) is 6. The third-order valence-corrected chi connectivity index (χ3v) is 6.97. The van der Waals surface area contributed by atoms with Crippen molar-refractivity contribution in [1.29, 1.82) is 0 Å². The predicted molar refractivity (Wildman–Crippen MR) is 135 cm³/mol. The highest BCUT2D eigenvalue weighted by atomic mass is 32.1. The van der Waals surface area contributed by atoms with Crippen molar-refractivity contribution in [2.45, 2.75) is 6.54 Å². The molecule has 1 fully saturated rings. The third kappa shape index (κ3) is 4.98. The topological polar surface area (TPSA) is 75.3 Å².